The molecule has 0 unspecified atom stereocenters. The van der Waals surface area contributed by atoms with Crippen molar-refractivity contribution in [3.8, 4) is 0 Å². The molecule has 2 aromatic carbocycles. The second-order valence-electron chi connectivity index (χ2n) is 4.11. The van der Waals surface area contributed by atoms with Crippen LogP contribution in [-0.2, 0) is 13.0 Å². The van der Waals surface area contributed by atoms with Crippen molar-refractivity contribution in [3.63, 3.8) is 0 Å². The number of halogens is 2. The van der Waals surface area contributed by atoms with Crippen LogP contribution in [0.2, 0.25) is 5.02 Å². The van der Waals surface area contributed by atoms with Crippen LogP contribution in [-0.4, -0.2) is 6.54 Å². The number of hydrogen-bond donors (Lipinski definition) is 1. The molecule has 0 spiro atoms. The standard InChI is InChI=1S/C15H15ClFN/c16-14-7-4-8-15(17)13(14)9-10-18-11-12-5-2-1-3-6-12/h1-8,18H,9-11H2. The van der Waals surface area contributed by atoms with E-state index in [-0.39, 0.29) is 5.82 Å². The van der Waals surface area contributed by atoms with E-state index in [4.69, 9.17) is 11.6 Å². The van der Waals surface area contributed by atoms with Gasteiger partial charge in [-0.25, -0.2) is 4.39 Å². The second-order valence-corrected chi connectivity index (χ2v) is 4.52. The quantitative estimate of drug-likeness (QED) is 0.809. The fraction of sp³-hybridized carbons (Fsp3) is 0.200. The Morgan fingerprint density at radius 1 is 1.00 bits per heavy atom. The van der Waals surface area contributed by atoms with Crippen molar-refractivity contribution in [2.75, 3.05) is 6.54 Å². The monoisotopic (exact) mass is 263 g/mol. The van der Waals surface area contributed by atoms with Gasteiger partial charge in [0.15, 0.2) is 0 Å². The molecule has 0 bridgehead atoms. The molecular weight excluding hydrogens is 249 g/mol. The summed E-state index contributed by atoms with van der Waals surface area (Å²) in [5, 5.41) is 3.78. The smallest absolute Gasteiger partial charge is 0.127 e. The van der Waals surface area contributed by atoms with Gasteiger partial charge in [-0.2, -0.15) is 0 Å². The molecule has 1 nitrogen and oxygen atoms in total. The minimum atomic E-state index is -0.232. The van der Waals surface area contributed by atoms with Crippen LogP contribution in [0.3, 0.4) is 0 Å². The summed E-state index contributed by atoms with van der Waals surface area (Å²) in [6.45, 7) is 1.49. The van der Waals surface area contributed by atoms with E-state index < -0.39 is 0 Å². The third-order valence-electron chi connectivity index (χ3n) is 2.79. The van der Waals surface area contributed by atoms with Crippen molar-refractivity contribution in [2.24, 2.45) is 0 Å². The highest BCUT2D eigenvalue weighted by Gasteiger charge is 2.05. The van der Waals surface area contributed by atoms with E-state index in [1.165, 1.54) is 11.6 Å². The Bertz CT molecular complexity index is 479. The predicted octanol–water partition coefficient (Wildman–Crippen LogP) is 3.81. The second kappa shape index (κ2) is 6.53. The van der Waals surface area contributed by atoms with Crippen LogP contribution >= 0.6 is 11.6 Å². The van der Waals surface area contributed by atoms with Gasteiger partial charge in [0, 0.05) is 17.1 Å². The summed E-state index contributed by atoms with van der Waals surface area (Å²) in [6.07, 6.45) is 0.596. The maximum absolute atomic E-state index is 13.5. The maximum atomic E-state index is 13.5. The molecule has 0 atom stereocenters. The van der Waals surface area contributed by atoms with E-state index in [1.807, 2.05) is 18.2 Å². The lowest BCUT2D eigenvalue weighted by Crippen LogP contribution is -2.17. The lowest BCUT2D eigenvalue weighted by Gasteiger charge is -2.07. The Labute approximate surface area is 112 Å². The molecule has 2 aromatic rings. The summed E-state index contributed by atoms with van der Waals surface area (Å²) in [5.74, 6) is -0.232. The first-order valence-electron chi connectivity index (χ1n) is 5.95. The van der Waals surface area contributed by atoms with Crippen molar-refractivity contribution in [1.29, 1.82) is 0 Å². The van der Waals surface area contributed by atoms with Crippen LogP contribution in [0, 0.1) is 5.82 Å². The summed E-state index contributed by atoms with van der Waals surface area (Å²) in [5.41, 5.74) is 1.80. The summed E-state index contributed by atoms with van der Waals surface area (Å²) < 4.78 is 13.5. The largest absolute Gasteiger partial charge is 0.312 e. The number of hydrogen-bond acceptors (Lipinski definition) is 1. The topological polar surface area (TPSA) is 12.0 Å². The van der Waals surface area contributed by atoms with Crippen molar-refractivity contribution in [3.05, 3.63) is 70.5 Å². The highest BCUT2D eigenvalue weighted by molar-refractivity contribution is 6.31. The van der Waals surface area contributed by atoms with Gasteiger partial charge in [0.2, 0.25) is 0 Å². The molecule has 0 fully saturated rings. The molecule has 0 aliphatic heterocycles. The normalized spacial score (nSPS) is 10.6. The number of benzene rings is 2. The summed E-state index contributed by atoms with van der Waals surface area (Å²) in [6, 6.07) is 14.9. The summed E-state index contributed by atoms with van der Waals surface area (Å²) in [4.78, 5) is 0. The van der Waals surface area contributed by atoms with E-state index in [1.54, 1.807) is 12.1 Å². The molecule has 0 radical (unpaired) electrons. The molecule has 1 N–H and O–H groups in total. The molecule has 0 aliphatic carbocycles. The first-order valence-corrected chi connectivity index (χ1v) is 6.32. The van der Waals surface area contributed by atoms with Crippen LogP contribution in [0.15, 0.2) is 48.5 Å². The number of rotatable bonds is 5. The van der Waals surface area contributed by atoms with Gasteiger partial charge in [-0.05, 0) is 30.7 Å². The molecular formula is C15H15ClFN. The fourth-order valence-electron chi connectivity index (χ4n) is 1.81. The van der Waals surface area contributed by atoms with Gasteiger partial charge in [0.1, 0.15) is 5.82 Å². The molecule has 0 saturated carbocycles. The van der Waals surface area contributed by atoms with Crippen LogP contribution in [0.1, 0.15) is 11.1 Å². The molecule has 3 heteroatoms. The van der Waals surface area contributed by atoms with E-state index in [0.29, 0.717) is 23.6 Å². The zero-order valence-corrected chi connectivity index (χ0v) is 10.8. The van der Waals surface area contributed by atoms with Crippen LogP contribution in [0.4, 0.5) is 4.39 Å². The average Bonchev–Trinajstić information content (AvgIpc) is 2.38. The first-order chi connectivity index (χ1) is 8.77. The Hall–Kier alpha value is -1.38. The lowest BCUT2D eigenvalue weighted by molar-refractivity contribution is 0.598. The molecule has 0 saturated heterocycles. The SMILES string of the molecule is Fc1cccc(Cl)c1CCNCc1ccccc1. The van der Waals surface area contributed by atoms with Gasteiger partial charge >= 0.3 is 0 Å². The highest BCUT2D eigenvalue weighted by Crippen LogP contribution is 2.18. The van der Waals surface area contributed by atoms with Gasteiger partial charge < -0.3 is 5.32 Å². The summed E-state index contributed by atoms with van der Waals surface area (Å²) in [7, 11) is 0. The fourth-order valence-corrected chi connectivity index (χ4v) is 2.07. The van der Waals surface area contributed by atoms with Crippen molar-refractivity contribution in [1.82, 2.24) is 5.32 Å². The molecule has 0 aromatic heterocycles. The van der Waals surface area contributed by atoms with Crippen LogP contribution in [0.5, 0.6) is 0 Å². The number of nitrogens with one attached hydrogen (secondary N) is 1. The van der Waals surface area contributed by atoms with Crippen molar-refractivity contribution < 1.29 is 4.39 Å². The molecule has 2 rings (SSSR count). The minimum Gasteiger partial charge on any atom is -0.312 e. The van der Waals surface area contributed by atoms with Gasteiger partial charge in [-0.3, -0.25) is 0 Å². The van der Waals surface area contributed by atoms with E-state index in [0.717, 1.165) is 6.54 Å². The molecule has 0 heterocycles. The summed E-state index contributed by atoms with van der Waals surface area (Å²) >= 11 is 5.96. The van der Waals surface area contributed by atoms with Gasteiger partial charge in [-0.1, -0.05) is 48.0 Å². The van der Waals surface area contributed by atoms with Crippen molar-refractivity contribution in [2.45, 2.75) is 13.0 Å². The third-order valence-corrected chi connectivity index (χ3v) is 3.14. The first kappa shape index (κ1) is 13.1. The van der Waals surface area contributed by atoms with Crippen molar-refractivity contribution >= 4 is 11.6 Å². The Morgan fingerprint density at radius 2 is 1.78 bits per heavy atom. The Morgan fingerprint density at radius 3 is 2.50 bits per heavy atom. The molecule has 18 heavy (non-hydrogen) atoms. The predicted molar refractivity (Wildman–Crippen MR) is 73.3 cm³/mol. The van der Waals surface area contributed by atoms with E-state index >= 15 is 0 Å². The zero-order valence-electron chi connectivity index (χ0n) is 10.00. The average molecular weight is 264 g/mol. The van der Waals surface area contributed by atoms with Gasteiger partial charge in [0.05, 0.1) is 0 Å². The lowest BCUT2D eigenvalue weighted by atomic mass is 10.1. The highest BCUT2D eigenvalue weighted by atomic mass is 35.5. The van der Waals surface area contributed by atoms with Gasteiger partial charge in [0.25, 0.3) is 0 Å². The molecule has 0 aliphatic rings. The van der Waals surface area contributed by atoms with E-state index in [9.17, 15) is 4.39 Å². The molecule has 0 amide bonds. The third kappa shape index (κ3) is 3.56. The molecule has 94 valence electrons. The zero-order chi connectivity index (χ0) is 12.8. The maximum Gasteiger partial charge on any atom is 0.127 e. The minimum absolute atomic E-state index is 0.232. The van der Waals surface area contributed by atoms with E-state index in [2.05, 4.69) is 17.4 Å². The van der Waals surface area contributed by atoms with Gasteiger partial charge in [-0.15, -0.1) is 0 Å². The van der Waals surface area contributed by atoms with Crippen LogP contribution in [0.25, 0.3) is 0 Å². The van der Waals surface area contributed by atoms with Crippen LogP contribution < -0.4 is 5.32 Å². The Kier molecular flexibility index (Phi) is 4.73. The Balaban J connectivity index is 1.82.